The van der Waals surface area contributed by atoms with E-state index in [0.717, 1.165) is 28.4 Å². The maximum atomic E-state index is 12.4. The maximum Gasteiger partial charge on any atom is 0.260 e. The highest BCUT2D eigenvalue weighted by Crippen LogP contribution is 2.32. The molecule has 5 heteroatoms. The lowest BCUT2D eigenvalue weighted by atomic mass is 10.0. The van der Waals surface area contributed by atoms with E-state index < -0.39 is 0 Å². The van der Waals surface area contributed by atoms with Gasteiger partial charge >= 0.3 is 0 Å². The lowest BCUT2D eigenvalue weighted by molar-refractivity contribution is -0.132. The average molecular weight is 341 g/mol. The minimum Gasteiger partial charge on any atom is -0.483 e. The number of hydrogen-bond donors (Lipinski definition) is 0. The van der Waals surface area contributed by atoms with Gasteiger partial charge in [-0.2, -0.15) is 0 Å². The van der Waals surface area contributed by atoms with Crippen molar-refractivity contribution in [1.82, 2.24) is 4.90 Å². The van der Waals surface area contributed by atoms with Crippen molar-refractivity contribution in [1.29, 1.82) is 0 Å². The molecule has 1 amide bonds. The Bertz CT molecular complexity index is 757. The number of likely N-dealkylation sites (N-methyl/N-ethyl adjacent to an activating group) is 1. The van der Waals surface area contributed by atoms with Crippen LogP contribution in [0.5, 0.6) is 17.2 Å². The van der Waals surface area contributed by atoms with Crippen LogP contribution in [0.3, 0.4) is 0 Å². The van der Waals surface area contributed by atoms with E-state index in [2.05, 4.69) is 13.8 Å². The van der Waals surface area contributed by atoms with Crippen LogP contribution in [0.15, 0.2) is 42.5 Å². The first kappa shape index (κ1) is 17.1. The van der Waals surface area contributed by atoms with Gasteiger partial charge in [-0.05, 0) is 35.2 Å². The van der Waals surface area contributed by atoms with Crippen molar-refractivity contribution in [2.45, 2.75) is 26.3 Å². The summed E-state index contributed by atoms with van der Waals surface area (Å²) < 4.78 is 16.4. The smallest absolute Gasteiger partial charge is 0.260 e. The molecule has 25 heavy (non-hydrogen) atoms. The highest BCUT2D eigenvalue weighted by atomic mass is 16.7. The number of benzene rings is 2. The van der Waals surface area contributed by atoms with Crippen LogP contribution in [0.2, 0.25) is 0 Å². The molecule has 0 radical (unpaired) electrons. The van der Waals surface area contributed by atoms with E-state index in [1.165, 1.54) is 0 Å². The topological polar surface area (TPSA) is 48.0 Å². The summed E-state index contributed by atoms with van der Waals surface area (Å²) in [5, 5.41) is 0. The quantitative estimate of drug-likeness (QED) is 0.806. The molecule has 3 rings (SSSR count). The Morgan fingerprint density at radius 2 is 1.92 bits per heavy atom. The predicted octanol–water partition coefficient (Wildman–Crippen LogP) is 3.58. The molecule has 1 heterocycles. The number of carbonyl (C=O) groups is 1. The highest BCUT2D eigenvalue weighted by Gasteiger charge is 2.16. The van der Waals surface area contributed by atoms with Crippen molar-refractivity contribution in [3.05, 3.63) is 53.6 Å². The Kier molecular flexibility index (Phi) is 5.12. The zero-order chi connectivity index (χ0) is 17.8. The molecule has 0 unspecified atom stereocenters. The standard InChI is InChI=1S/C20H23NO4/c1-14(2)16-6-4-5-7-17(16)23-12-20(22)21(3)11-15-8-9-18-19(10-15)25-13-24-18/h4-10,14H,11-13H2,1-3H3. The fraction of sp³-hybridized carbons (Fsp3) is 0.350. The second kappa shape index (κ2) is 7.47. The normalized spacial score (nSPS) is 12.3. The Morgan fingerprint density at radius 1 is 1.16 bits per heavy atom. The molecule has 5 nitrogen and oxygen atoms in total. The summed E-state index contributed by atoms with van der Waals surface area (Å²) in [6.45, 7) is 4.97. The lowest BCUT2D eigenvalue weighted by Gasteiger charge is -2.19. The molecule has 0 bridgehead atoms. The van der Waals surface area contributed by atoms with E-state index in [-0.39, 0.29) is 19.3 Å². The monoisotopic (exact) mass is 341 g/mol. The molecule has 0 atom stereocenters. The largest absolute Gasteiger partial charge is 0.483 e. The molecule has 0 aromatic heterocycles. The Labute approximate surface area is 148 Å². The van der Waals surface area contributed by atoms with Crippen LogP contribution in [0.1, 0.15) is 30.9 Å². The summed E-state index contributed by atoms with van der Waals surface area (Å²) in [7, 11) is 1.77. The molecule has 0 saturated carbocycles. The van der Waals surface area contributed by atoms with Crippen molar-refractivity contribution in [3.63, 3.8) is 0 Å². The van der Waals surface area contributed by atoms with E-state index in [4.69, 9.17) is 14.2 Å². The number of carbonyl (C=O) groups excluding carboxylic acids is 1. The first-order chi connectivity index (χ1) is 12.0. The van der Waals surface area contributed by atoms with Crippen LogP contribution >= 0.6 is 0 Å². The average Bonchev–Trinajstić information content (AvgIpc) is 3.07. The lowest BCUT2D eigenvalue weighted by Crippen LogP contribution is -2.31. The van der Waals surface area contributed by atoms with Crippen LogP contribution in [0, 0.1) is 0 Å². The molecule has 0 spiro atoms. The summed E-state index contributed by atoms with van der Waals surface area (Å²) in [4.78, 5) is 14.0. The zero-order valence-corrected chi connectivity index (χ0v) is 14.8. The Morgan fingerprint density at radius 3 is 2.72 bits per heavy atom. The fourth-order valence-electron chi connectivity index (χ4n) is 2.74. The molecule has 132 valence electrons. The van der Waals surface area contributed by atoms with Crippen LogP contribution in [-0.4, -0.2) is 31.3 Å². The van der Waals surface area contributed by atoms with Gasteiger partial charge in [0, 0.05) is 13.6 Å². The third-order valence-corrected chi connectivity index (χ3v) is 4.17. The second-order valence-electron chi connectivity index (χ2n) is 6.42. The Hall–Kier alpha value is -2.69. The Balaban J connectivity index is 1.58. The van der Waals surface area contributed by atoms with Crippen molar-refractivity contribution in [2.75, 3.05) is 20.4 Å². The summed E-state index contributed by atoms with van der Waals surface area (Å²) in [5.74, 6) is 2.50. The van der Waals surface area contributed by atoms with Crippen molar-refractivity contribution in [2.24, 2.45) is 0 Å². The van der Waals surface area contributed by atoms with E-state index in [1.807, 2.05) is 42.5 Å². The predicted molar refractivity (Wildman–Crippen MR) is 95.1 cm³/mol. The maximum absolute atomic E-state index is 12.4. The summed E-state index contributed by atoms with van der Waals surface area (Å²) in [5.41, 5.74) is 2.09. The number of hydrogen-bond acceptors (Lipinski definition) is 4. The van der Waals surface area contributed by atoms with Gasteiger partial charge in [-0.1, -0.05) is 38.1 Å². The molecule has 2 aromatic rings. The molecular weight excluding hydrogens is 318 g/mol. The van der Waals surface area contributed by atoms with Gasteiger partial charge in [-0.3, -0.25) is 4.79 Å². The van der Waals surface area contributed by atoms with Crippen molar-refractivity contribution < 1.29 is 19.0 Å². The third kappa shape index (κ3) is 4.05. The molecule has 2 aromatic carbocycles. The summed E-state index contributed by atoms with van der Waals surface area (Å²) >= 11 is 0. The van der Waals surface area contributed by atoms with E-state index in [0.29, 0.717) is 12.5 Å². The number of ether oxygens (including phenoxy) is 3. The van der Waals surface area contributed by atoms with Gasteiger partial charge in [-0.15, -0.1) is 0 Å². The first-order valence-corrected chi connectivity index (χ1v) is 8.39. The van der Waals surface area contributed by atoms with E-state index in [9.17, 15) is 4.79 Å². The molecule has 0 N–H and O–H groups in total. The minimum atomic E-state index is -0.0729. The third-order valence-electron chi connectivity index (χ3n) is 4.17. The van der Waals surface area contributed by atoms with Crippen LogP contribution < -0.4 is 14.2 Å². The molecule has 1 aliphatic rings. The van der Waals surface area contributed by atoms with Gasteiger partial charge in [-0.25, -0.2) is 0 Å². The van der Waals surface area contributed by atoms with E-state index >= 15 is 0 Å². The summed E-state index contributed by atoms with van der Waals surface area (Å²) in [6.07, 6.45) is 0. The van der Waals surface area contributed by atoms with Crippen molar-refractivity contribution >= 4 is 5.91 Å². The number of amides is 1. The molecule has 1 aliphatic heterocycles. The fourth-order valence-corrected chi connectivity index (χ4v) is 2.74. The van der Waals surface area contributed by atoms with Gasteiger partial charge in [0.2, 0.25) is 6.79 Å². The van der Waals surface area contributed by atoms with E-state index in [1.54, 1.807) is 11.9 Å². The van der Waals surface area contributed by atoms with Crippen molar-refractivity contribution in [3.8, 4) is 17.2 Å². The molecule has 0 fully saturated rings. The zero-order valence-electron chi connectivity index (χ0n) is 14.8. The van der Waals surface area contributed by atoms with Gasteiger partial charge in [0.25, 0.3) is 5.91 Å². The molecular formula is C20H23NO4. The summed E-state index contributed by atoms with van der Waals surface area (Å²) in [6, 6.07) is 13.5. The SMILES string of the molecule is CC(C)c1ccccc1OCC(=O)N(C)Cc1ccc2c(c1)OCO2. The number of rotatable bonds is 6. The van der Waals surface area contributed by atoms with Gasteiger partial charge in [0.15, 0.2) is 18.1 Å². The van der Waals surface area contributed by atoms with Gasteiger partial charge in [0.05, 0.1) is 0 Å². The minimum absolute atomic E-state index is 0.0186. The molecule has 0 aliphatic carbocycles. The number of nitrogens with zero attached hydrogens (tertiary/aromatic N) is 1. The number of para-hydroxylation sites is 1. The van der Waals surface area contributed by atoms with Gasteiger partial charge < -0.3 is 19.1 Å². The first-order valence-electron chi connectivity index (χ1n) is 8.39. The second-order valence-corrected chi connectivity index (χ2v) is 6.42. The van der Waals surface area contributed by atoms with Crippen LogP contribution in [0.4, 0.5) is 0 Å². The number of fused-ring (bicyclic) bond motifs is 1. The molecule has 0 saturated heterocycles. The van der Waals surface area contributed by atoms with Gasteiger partial charge in [0.1, 0.15) is 5.75 Å². The van der Waals surface area contributed by atoms with Crippen LogP contribution in [0.25, 0.3) is 0 Å². The highest BCUT2D eigenvalue weighted by molar-refractivity contribution is 5.77. The van der Waals surface area contributed by atoms with Crippen LogP contribution in [-0.2, 0) is 11.3 Å².